The summed E-state index contributed by atoms with van der Waals surface area (Å²) in [5, 5.41) is 3.28. The minimum atomic E-state index is -0.293. The maximum Gasteiger partial charge on any atom is 0.323 e. The van der Waals surface area contributed by atoms with Gasteiger partial charge in [-0.3, -0.25) is 5.32 Å². The van der Waals surface area contributed by atoms with Crippen molar-refractivity contribution in [3.8, 4) is 5.88 Å². The first-order chi connectivity index (χ1) is 12.0. The standard InChI is InChI=1S/C16H20FN5O2S/c1-10-19-15(25-21-10)20-16(23)22-5-3-11(4-6-22)7-12-9-18-14(24-2)8-13(12)17/h8-9,11H,3-7H2,1-2H3,(H,19,20,21,23). The summed E-state index contributed by atoms with van der Waals surface area (Å²) in [7, 11) is 1.46. The number of halogens is 1. The van der Waals surface area contributed by atoms with Crippen molar-refractivity contribution >= 4 is 22.7 Å². The molecule has 3 heterocycles. The molecule has 0 aliphatic carbocycles. The van der Waals surface area contributed by atoms with Crippen molar-refractivity contribution in [2.24, 2.45) is 5.92 Å². The first-order valence-electron chi connectivity index (χ1n) is 8.10. The monoisotopic (exact) mass is 365 g/mol. The van der Waals surface area contributed by atoms with Crippen molar-refractivity contribution < 1.29 is 13.9 Å². The molecule has 0 radical (unpaired) electrons. The summed E-state index contributed by atoms with van der Waals surface area (Å²) >= 11 is 1.17. The Balaban J connectivity index is 1.50. The Kier molecular flexibility index (Phi) is 5.42. The van der Waals surface area contributed by atoms with Crippen LogP contribution in [0, 0.1) is 18.7 Å². The van der Waals surface area contributed by atoms with Crippen LogP contribution in [-0.4, -0.2) is 45.5 Å². The Morgan fingerprint density at radius 2 is 2.24 bits per heavy atom. The van der Waals surface area contributed by atoms with Crippen LogP contribution in [0.15, 0.2) is 12.3 Å². The number of piperidine rings is 1. The molecule has 1 fully saturated rings. The second-order valence-corrected chi connectivity index (χ2v) is 6.78. The summed E-state index contributed by atoms with van der Waals surface area (Å²) in [5.41, 5.74) is 0.591. The molecule has 1 aliphatic rings. The fourth-order valence-corrected chi connectivity index (χ4v) is 3.44. The lowest BCUT2D eigenvalue weighted by molar-refractivity contribution is 0.182. The minimum Gasteiger partial charge on any atom is -0.481 e. The van der Waals surface area contributed by atoms with E-state index >= 15 is 0 Å². The maximum absolute atomic E-state index is 14.0. The molecular formula is C16H20FN5O2S. The zero-order valence-electron chi connectivity index (χ0n) is 14.2. The Morgan fingerprint density at radius 3 is 2.84 bits per heavy atom. The summed E-state index contributed by atoms with van der Waals surface area (Å²) in [6, 6.07) is 1.15. The van der Waals surface area contributed by atoms with E-state index in [-0.39, 0.29) is 17.7 Å². The number of anilines is 1. The molecule has 0 atom stereocenters. The number of pyridine rings is 1. The SMILES string of the molecule is COc1cc(F)c(CC2CCN(C(=O)Nc3nc(C)ns3)CC2)cn1. The second-order valence-electron chi connectivity index (χ2n) is 6.03. The molecule has 7 nitrogen and oxygen atoms in total. The van der Waals surface area contributed by atoms with Gasteiger partial charge in [-0.2, -0.15) is 4.37 Å². The number of aromatic nitrogens is 3. The number of nitrogens with one attached hydrogen (secondary N) is 1. The highest BCUT2D eigenvalue weighted by Crippen LogP contribution is 2.24. The molecule has 0 saturated carbocycles. The minimum absolute atomic E-state index is 0.160. The summed E-state index contributed by atoms with van der Waals surface area (Å²) in [5.74, 6) is 0.963. The van der Waals surface area contributed by atoms with E-state index in [9.17, 15) is 9.18 Å². The van der Waals surface area contributed by atoms with Crippen LogP contribution < -0.4 is 10.1 Å². The number of methoxy groups -OCH3 is 1. The molecule has 1 saturated heterocycles. The molecule has 0 bridgehead atoms. The van der Waals surface area contributed by atoms with Gasteiger partial charge in [0, 0.05) is 42.4 Å². The number of hydrogen-bond acceptors (Lipinski definition) is 6. The summed E-state index contributed by atoms with van der Waals surface area (Å²) in [4.78, 5) is 22.2. The molecule has 2 amide bonds. The van der Waals surface area contributed by atoms with Crippen LogP contribution in [-0.2, 0) is 6.42 Å². The van der Waals surface area contributed by atoms with Gasteiger partial charge >= 0.3 is 6.03 Å². The largest absolute Gasteiger partial charge is 0.481 e. The predicted molar refractivity (Wildman–Crippen MR) is 92.4 cm³/mol. The number of hydrogen-bond donors (Lipinski definition) is 1. The molecule has 1 N–H and O–H groups in total. The fraction of sp³-hybridized carbons (Fsp3) is 0.500. The summed E-state index contributed by atoms with van der Waals surface area (Å²) < 4.78 is 23.0. The van der Waals surface area contributed by atoms with E-state index in [2.05, 4.69) is 19.7 Å². The van der Waals surface area contributed by atoms with Crippen molar-refractivity contribution in [2.45, 2.75) is 26.2 Å². The van der Waals surface area contributed by atoms with E-state index in [1.54, 1.807) is 11.8 Å². The topological polar surface area (TPSA) is 80.2 Å². The van der Waals surface area contributed by atoms with Crippen molar-refractivity contribution in [1.82, 2.24) is 19.2 Å². The predicted octanol–water partition coefficient (Wildman–Crippen LogP) is 2.88. The number of ether oxygens (including phenoxy) is 1. The van der Waals surface area contributed by atoms with Gasteiger partial charge in [0.2, 0.25) is 11.0 Å². The highest BCUT2D eigenvalue weighted by molar-refractivity contribution is 7.09. The van der Waals surface area contributed by atoms with Gasteiger partial charge in [-0.25, -0.2) is 19.2 Å². The highest BCUT2D eigenvalue weighted by atomic mass is 32.1. The average Bonchev–Trinajstić information content (AvgIpc) is 3.02. The summed E-state index contributed by atoms with van der Waals surface area (Å²) in [6.45, 7) is 3.06. The number of nitrogens with zero attached hydrogens (tertiary/aromatic N) is 4. The van der Waals surface area contributed by atoms with Crippen LogP contribution in [0.25, 0.3) is 0 Å². The van der Waals surface area contributed by atoms with E-state index in [0.717, 1.165) is 12.8 Å². The van der Waals surface area contributed by atoms with Gasteiger partial charge in [0.1, 0.15) is 11.6 Å². The number of amides is 2. The van der Waals surface area contributed by atoms with E-state index in [1.807, 2.05) is 0 Å². The second kappa shape index (κ2) is 7.73. The molecule has 2 aromatic heterocycles. The van der Waals surface area contributed by atoms with Gasteiger partial charge in [0.05, 0.1) is 7.11 Å². The van der Waals surface area contributed by atoms with Crippen molar-refractivity contribution in [3.05, 3.63) is 29.5 Å². The van der Waals surface area contributed by atoms with Crippen LogP contribution in [0.1, 0.15) is 24.2 Å². The average molecular weight is 365 g/mol. The molecule has 0 unspecified atom stereocenters. The molecule has 0 spiro atoms. The number of aryl methyl sites for hydroxylation is 1. The Bertz CT molecular complexity index is 746. The molecule has 0 aromatic carbocycles. The fourth-order valence-electron chi connectivity index (χ4n) is 2.87. The maximum atomic E-state index is 14.0. The lowest BCUT2D eigenvalue weighted by atomic mass is 9.90. The van der Waals surface area contributed by atoms with Gasteiger partial charge in [0.15, 0.2) is 0 Å². The van der Waals surface area contributed by atoms with E-state index in [0.29, 0.717) is 41.9 Å². The molecule has 2 aromatic rings. The zero-order valence-corrected chi connectivity index (χ0v) is 15.0. The van der Waals surface area contributed by atoms with Crippen LogP contribution in [0.2, 0.25) is 0 Å². The molecule has 9 heteroatoms. The third-order valence-corrected chi connectivity index (χ3v) is 4.99. The Hall–Kier alpha value is -2.29. The molecule has 3 rings (SSSR count). The number of rotatable bonds is 4. The van der Waals surface area contributed by atoms with Crippen molar-refractivity contribution in [2.75, 3.05) is 25.5 Å². The lowest BCUT2D eigenvalue weighted by Crippen LogP contribution is -2.41. The van der Waals surface area contributed by atoms with Crippen LogP contribution in [0.3, 0.4) is 0 Å². The summed E-state index contributed by atoms with van der Waals surface area (Å²) in [6.07, 6.45) is 3.81. The Labute approximate surface area is 149 Å². The van der Waals surface area contributed by atoms with E-state index < -0.39 is 0 Å². The number of carbonyl (C=O) groups excluding carboxylic acids is 1. The highest BCUT2D eigenvalue weighted by Gasteiger charge is 2.24. The Morgan fingerprint density at radius 1 is 1.48 bits per heavy atom. The molecular weight excluding hydrogens is 345 g/mol. The van der Waals surface area contributed by atoms with Gasteiger partial charge in [-0.05, 0) is 32.1 Å². The third-order valence-electron chi connectivity index (χ3n) is 4.27. The first-order valence-corrected chi connectivity index (χ1v) is 8.87. The van der Waals surface area contributed by atoms with Gasteiger partial charge in [-0.1, -0.05) is 0 Å². The third kappa shape index (κ3) is 4.41. The number of urea groups is 1. The molecule has 25 heavy (non-hydrogen) atoms. The van der Waals surface area contributed by atoms with Gasteiger partial charge < -0.3 is 9.64 Å². The van der Waals surface area contributed by atoms with Gasteiger partial charge in [-0.15, -0.1) is 0 Å². The lowest BCUT2D eigenvalue weighted by Gasteiger charge is -2.31. The van der Waals surface area contributed by atoms with Crippen LogP contribution in [0.5, 0.6) is 5.88 Å². The van der Waals surface area contributed by atoms with Crippen molar-refractivity contribution in [1.29, 1.82) is 0 Å². The molecule has 134 valence electrons. The zero-order chi connectivity index (χ0) is 17.8. The number of likely N-dealkylation sites (tertiary alicyclic amines) is 1. The van der Waals surface area contributed by atoms with E-state index in [1.165, 1.54) is 30.9 Å². The first kappa shape index (κ1) is 17.5. The smallest absolute Gasteiger partial charge is 0.323 e. The number of carbonyl (C=O) groups is 1. The molecule has 1 aliphatic heterocycles. The van der Waals surface area contributed by atoms with E-state index in [4.69, 9.17) is 4.74 Å². The normalized spacial score (nSPS) is 15.2. The van der Waals surface area contributed by atoms with Crippen molar-refractivity contribution in [3.63, 3.8) is 0 Å². The van der Waals surface area contributed by atoms with Crippen LogP contribution in [0.4, 0.5) is 14.3 Å². The quantitative estimate of drug-likeness (QED) is 0.901. The van der Waals surface area contributed by atoms with Gasteiger partial charge in [0.25, 0.3) is 0 Å². The van der Waals surface area contributed by atoms with Crippen LogP contribution >= 0.6 is 11.5 Å².